The van der Waals surface area contributed by atoms with Crippen LogP contribution in [0, 0.1) is 0 Å². The van der Waals surface area contributed by atoms with Gasteiger partial charge in [0.15, 0.2) is 0 Å². The molecule has 0 saturated carbocycles. The van der Waals surface area contributed by atoms with E-state index in [1.165, 1.54) is 6.20 Å². The maximum Gasteiger partial charge on any atom is 0.272 e. The molecule has 1 aromatic rings. The number of carbonyl (C=O) groups excluding carboxylic acids is 2. The fourth-order valence-electron chi connectivity index (χ4n) is 2.27. The molecule has 2 heterocycles. The van der Waals surface area contributed by atoms with E-state index in [1.807, 2.05) is 27.8 Å². The Morgan fingerprint density at radius 2 is 1.82 bits per heavy atom. The SMILES string of the molecule is CN1CCN(C(=O)c2cc(C(=O)NC(C)(C)C)ccn2)CC1. The highest BCUT2D eigenvalue weighted by atomic mass is 16.2. The smallest absolute Gasteiger partial charge is 0.272 e. The molecule has 1 aromatic heterocycles. The van der Waals surface area contributed by atoms with Crippen LogP contribution in [0.5, 0.6) is 0 Å². The predicted octanol–water partition coefficient (Wildman–Crippen LogP) is 0.997. The van der Waals surface area contributed by atoms with Crippen molar-refractivity contribution in [1.29, 1.82) is 0 Å². The molecule has 2 rings (SSSR count). The number of nitrogens with one attached hydrogen (secondary N) is 1. The minimum absolute atomic E-state index is 0.112. The number of nitrogens with zero attached hydrogens (tertiary/aromatic N) is 3. The van der Waals surface area contributed by atoms with Gasteiger partial charge in [-0.25, -0.2) is 0 Å². The first-order chi connectivity index (χ1) is 10.3. The Labute approximate surface area is 131 Å². The van der Waals surface area contributed by atoms with Crippen LogP contribution in [0.3, 0.4) is 0 Å². The molecule has 6 heteroatoms. The zero-order valence-corrected chi connectivity index (χ0v) is 13.7. The average molecular weight is 304 g/mol. The zero-order valence-electron chi connectivity index (χ0n) is 13.7. The van der Waals surface area contributed by atoms with Gasteiger partial charge in [0.1, 0.15) is 5.69 Å². The molecule has 0 bridgehead atoms. The molecule has 1 aliphatic rings. The van der Waals surface area contributed by atoms with Gasteiger partial charge in [0, 0.05) is 43.5 Å². The van der Waals surface area contributed by atoms with Crippen LogP contribution in [0.2, 0.25) is 0 Å². The number of pyridine rings is 1. The van der Waals surface area contributed by atoms with Crippen molar-refractivity contribution in [3.05, 3.63) is 29.6 Å². The van der Waals surface area contributed by atoms with Crippen LogP contribution < -0.4 is 5.32 Å². The lowest BCUT2D eigenvalue weighted by Crippen LogP contribution is -2.47. The lowest BCUT2D eigenvalue weighted by atomic mass is 10.1. The summed E-state index contributed by atoms with van der Waals surface area (Å²) in [4.78, 5) is 32.8. The fraction of sp³-hybridized carbons (Fsp3) is 0.562. The Balaban J connectivity index is 2.11. The molecule has 120 valence electrons. The van der Waals surface area contributed by atoms with Crippen LogP contribution in [0.15, 0.2) is 18.3 Å². The van der Waals surface area contributed by atoms with Crippen molar-refractivity contribution in [3.8, 4) is 0 Å². The van der Waals surface area contributed by atoms with Crippen molar-refractivity contribution < 1.29 is 9.59 Å². The molecule has 0 radical (unpaired) electrons. The summed E-state index contributed by atoms with van der Waals surface area (Å²) in [6.07, 6.45) is 1.51. The summed E-state index contributed by atoms with van der Waals surface area (Å²) in [5.74, 6) is -0.305. The third-order valence-corrected chi connectivity index (χ3v) is 3.52. The van der Waals surface area contributed by atoms with E-state index in [2.05, 4.69) is 15.2 Å². The van der Waals surface area contributed by atoms with Crippen molar-refractivity contribution >= 4 is 11.8 Å². The van der Waals surface area contributed by atoms with Gasteiger partial charge >= 0.3 is 0 Å². The molecule has 1 fully saturated rings. The molecule has 0 aromatic carbocycles. The van der Waals surface area contributed by atoms with Crippen molar-refractivity contribution in [3.63, 3.8) is 0 Å². The third-order valence-electron chi connectivity index (χ3n) is 3.52. The minimum atomic E-state index is -0.317. The first kappa shape index (κ1) is 16.4. The van der Waals surface area contributed by atoms with Gasteiger partial charge < -0.3 is 15.1 Å². The van der Waals surface area contributed by atoms with Gasteiger partial charge in [0.2, 0.25) is 0 Å². The first-order valence-electron chi connectivity index (χ1n) is 7.53. The van der Waals surface area contributed by atoms with E-state index in [1.54, 1.807) is 17.0 Å². The Morgan fingerprint density at radius 3 is 2.41 bits per heavy atom. The molecular formula is C16H24N4O2. The van der Waals surface area contributed by atoms with Crippen LogP contribution in [-0.4, -0.2) is 65.4 Å². The van der Waals surface area contributed by atoms with E-state index >= 15 is 0 Å². The number of aromatic nitrogens is 1. The highest BCUT2D eigenvalue weighted by molar-refractivity contribution is 5.98. The standard InChI is InChI=1S/C16H24N4O2/c1-16(2,3)18-14(21)12-5-6-17-13(11-12)15(22)20-9-7-19(4)8-10-20/h5-6,11H,7-10H2,1-4H3,(H,18,21). The van der Waals surface area contributed by atoms with Crippen molar-refractivity contribution in [2.45, 2.75) is 26.3 Å². The first-order valence-corrected chi connectivity index (χ1v) is 7.53. The summed E-state index contributed by atoms with van der Waals surface area (Å²) in [5, 5.41) is 2.89. The zero-order chi connectivity index (χ0) is 16.3. The summed E-state index contributed by atoms with van der Waals surface area (Å²) < 4.78 is 0. The van der Waals surface area contributed by atoms with Gasteiger partial charge in [-0.2, -0.15) is 0 Å². The van der Waals surface area contributed by atoms with Gasteiger partial charge in [-0.05, 0) is 40.0 Å². The van der Waals surface area contributed by atoms with E-state index in [0.717, 1.165) is 13.1 Å². The van der Waals surface area contributed by atoms with E-state index in [9.17, 15) is 9.59 Å². The van der Waals surface area contributed by atoms with Crippen LogP contribution in [0.1, 0.15) is 41.6 Å². The largest absolute Gasteiger partial charge is 0.347 e. The third kappa shape index (κ3) is 4.27. The lowest BCUT2D eigenvalue weighted by molar-refractivity contribution is 0.0658. The predicted molar refractivity (Wildman–Crippen MR) is 84.9 cm³/mol. The maximum absolute atomic E-state index is 12.5. The Kier molecular flexibility index (Phi) is 4.81. The van der Waals surface area contributed by atoms with Crippen LogP contribution in [-0.2, 0) is 0 Å². The van der Waals surface area contributed by atoms with E-state index < -0.39 is 0 Å². The van der Waals surface area contributed by atoms with Crippen molar-refractivity contribution in [1.82, 2.24) is 20.1 Å². The average Bonchev–Trinajstić information content (AvgIpc) is 2.46. The lowest BCUT2D eigenvalue weighted by Gasteiger charge is -2.32. The van der Waals surface area contributed by atoms with Gasteiger partial charge in [0.05, 0.1) is 0 Å². The molecule has 0 atom stereocenters. The van der Waals surface area contributed by atoms with E-state index in [-0.39, 0.29) is 17.4 Å². The molecule has 0 spiro atoms. The van der Waals surface area contributed by atoms with E-state index in [0.29, 0.717) is 24.3 Å². The Morgan fingerprint density at radius 1 is 1.18 bits per heavy atom. The summed E-state index contributed by atoms with van der Waals surface area (Å²) in [5.41, 5.74) is 0.468. The summed E-state index contributed by atoms with van der Waals surface area (Å²) in [7, 11) is 2.04. The molecule has 0 aliphatic carbocycles. The number of hydrogen-bond donors (Lipinski definition) is 1. The van der Waals surface area contributed by atoms with Crippen LogP contribution >= 0.6 is 0 Å². The van der Waals surface area contributed by atoms with Gasteiger partial charge in [-0.15, -0.1) is 0 Å². The Bertz CT molecular complexity index is 558. The fourth-order valence-corrected chi connectivity index (χ4v) is 2.27. The molecule has 2 amide bonds. The monoisotopic (exact) mass is 304 g/mol. The molecule has 1 saturated heterocycles. The second-order valence-corrected chi connectivity index (χ2v) is 6.73. The number of likely N-dealkylation sites (N-methyl/N-ethyl adjacent to an activating group) is 1. The number of rotatable bonds is 2. The normalized spacial score (nSPS) is 16.5. The topological polar surface area (TPSA) is 65.5 Å². The number of amides is 2. The number of carbonyl (C=O) groups is 2. The number of hydrogen-bond acceptors (Lipinski definition) is 4. The molecular weight excluding hydrogens is 280 g/mol. The van der Waals surface area contributed by atoms with E-state index in [4.69, 9.17) is 0 Å². The molecule has 1 aliphatic heterocycles. The summed E-state index contributed by atoms with van der Waals surface area (Å²) in [6.45, 7) is 8.85. The quantitative estimate of drug-likeness (QED) is 0.885. The maximum atomic E-state index is 12.5. The molecule has 22 heavy (non-hydrogen) atoms. The molecule has 6 nitrogen and oxygen atoms in total. The molecule has 0 unspecified atom stereocenters. The Hall–Kier alpha value is -1.95. The van der Waals surface area contributed by atoms with Crippen LogP contribution in [0.25, 0.3) is 0 Å². The van der Waals surface area contributed by atoms with Crippen molar-refractivity contribution in [2.24, 2.45) is 0 Å². The second kappa shape index (κ2) is 6.44. The van der Waals surface area contributed by atoms with Crippen molar-refractivity contribution in [2.75, 3.05) is 33.2 Å². The summed E-state index contributed by atoms with van der Waals surface area (Å²) >= 11 is 0. The van der Waals surface area contributed by atoms with Gasteiger partial charge in [0.25, 0.3) is 11.8 Å². The number of piperazine rings is 1. The van der Waals surface area contributed by atoms with Gasteiger partial charge in [-0.3, -0.25) is 14.6 Å². The van der Waals surface area contributed by atoms with Gasteiger partial charge in [-0.1, -0.05) is 0 Å². The summed E-state index contributed by atoms with van der Waals surface area (Å²) in [6, 6.07) is 3.20. The highest BCUT2D eigenvalue weighted by Gasteiger charge is 2.22. The second-order valence-electron chi connectivity index (χ2n) is 6.73. The molecule has 1 N–H and O–H groups in total. The highest BCUT2D eigenvalue weighted by Crippen LogP contribution is 2.10. The van der Waals surface area contributed by atoms with Crippen LogP contribution in [0.4, 0.5) is 0 Å². The minimum Gasteiger partial charge on any atom is -0.347 e.